The van der Waals surface area contributed by atoms with Crippen molar-refractivity contribution in [3.63, 3.8) is 0 Å². The Hall–Kier alpha value is -0.890. The maximum absolute atomic E-state index is 11.1. The summed E-state index contributed by atoms with van der Waals surface area (Å²) in [5.41, 5.74) is -1.04. The number of amidine groups is 1. The third-order valence-corrected chi connectivity index (χ3v) is 3.11. The van der Waals surface area contributed by atoms with Crippen LogP contribution in [0.5, 0.6) is 0 Å². The summed E-state index contributed by atoms with van der Waals surface area (Å²) in [5, 5.41) is 20.7. The first-order valence-electron chi connectivity index (χ1n) is 5.90. The molecule has 1 aliphatic rings. The Morgan fingerprint density at radius 3 is 2.60 bits per heavy atom. The van der Waals surface area contributed by atoms with Gasteiger partial charge in [0.05, 0.1) is 24.5 Å². The first-order chi connectivity index (χ1) is 8.92. The van der Waals surface area contributed by atoms with Crippen molar-refractivity contribution < 1.29 is 24.5 Å². The van der Waals surface area contributed by atoms with Gasteiger partial charge in [-0.25, -0.2) is 4.79 Å². The molecule has 0 aromatic carbocycles. The second-order valence-electron chi connectivity index (χ2n) is 4.32. The van der Waals surface area contributed by atoms with Crippen LogP contribution in [0.3, 0.4) is 0 Å². The second-order valence-corrected chi connectivity index (χ2v) is 4.32. The molecule has 0 radical (unpaired) electrons. The van der Waals surface area contributed by atoms with E-state index in [1.54, 1.807) is 6.92 Å². The quantitative estimate of drug-likeness (QED) is 0.410. The van der Waals surface area contributed by atoms with E-state index in [9.17, 15) is 9.59 Å². The SMILES string of the molecule is C=CC(CC(=O)O)(C1=NCCN1)C(C)OCC(=O)O.[NaH]. The molecule has 7 nitrogen and oxygen atoms in total. The van der Waals surface area contributed by atoms with Gasteiger partial charge in [-0.3, -0.25) is 9.79 Å². The molecule has 0 saturated carbocycles. The number of carbonyl (C=O) groups is 2. The van der Waals surface area contributed by atoms with Crippen molar-refractivity contribution in [3.05, 3.63) is 12.7 Å². The normalized spacial score (nSPS) is 17.9. The van der Waals surface area contributed by atoms with Crippen molar-refractivity contribution in [1.82, 2.24) is 5.32 Å². The van der Waals surface area contributed by atoms with Gasteiger partial charge < -0.3 is 20.3 Å². The summed E-state index contributed by atoms with van der Waals surface area (Å²) in [7, 11) is 0. The van der Waals surface area contributed by atoms with Gasteiger partial charge >= 0.3 is 41.5 Å². The molecule has 1 heterocycles. The predicted octanol–water partition coefficient (Wildman–Crippen LogP) is -0.524. The van der Waals surface area contributed by atoms with Gasteiger partial charge in [0.25, 0.3) is 0 Å². The average molecular weight is 294 g/mol. The maximum atomic E-state index is 11.1. The van der Waals surface area contributed by atoms with E-state index in [1.165, 1.54) is 6.08 Å². The number of nitrogens with one attached hydrogen (secondary N) is 1. The Kier molecular flexibility index (Phi) is 8.03. The third-order valence-electron chi connectivity index (χ3n) is 3.11. The molecule has 108 valence electrons. The Labute approximate surface area is 139 Å². The number of hydrogen-bond acceptors (Lipinski definition) is 5. The molecule has 0 aromatic rings. The molecular formula is C12H19N2NaO5. The van der Waals surface area contributed by atoms with Gasteiger partial charge in [0.1, 0.15) is 12.4 Å². The van der Waals surface area contributed by atoms with Gasteiger partial charge in [-0.05, 0) is 6.92 Å². The van der Waals surface area contributed by atoms with Gasteiger partial charge in [-0.2, -0.15) is 0 Å². The van der Waals surface area contributed by atoms with Crippen LogP contribution in [0.1, 0.15) is 13.3 Å². The summed E-state index contributed by atoms with van der Waals surface area (Å²) in [4.78, 5) is 25.8. The molecule has 1 rings (SSSR count). The van der Waals surface area contributed by atoms with Crippen LogP contribution in [0.25, 0.3) is 0 Å². The first kappa shape index (κ1) is 19.1. The number of aliphatic imine (C=N–C) groups is 1. The predicted molar refractivity (Wildman–Crippen MR) is 75.4 cm³/mol. The Balaban J connectivity index is 0.00000361. The van der Waals surface area contributed by atoms with E-state index in [0.29, 0.717) is 18.9 Å². The molecule has 0 bridgehead atoms. The number of rotatable bonds is 8. The fourth-order valence-electron chi connectivity index (χ4n) is 2.06. The number of ether oxygens (including phenoxy) is 1. The van der Waals surface area contributed by atoms with E-state index in [2.05, 4.69) is 16.9 Å². The van der Waals surface area contributed by atoms with Crippen molar-refractivity contribution in [3.8, 4) is 0 Å². The van der Waals surface area contributed by atoms with Crippen molar-refractivity contribution in [1.29, 1.82) is 0 Å². The van der Waals surface area contributed by atoms with E-state index in [4.69, 9.17) is 14.9 Å². The van der Waals surface area contributed by atoms with Crippen LogP contribution in [-0.4, -0.2) is 83.3 Å². The summed E-state index contributed by atoms with van der Waals surface area (Å²) < 4.78 is 5.22. The van der Waals surface area contributed by atoms with Gasteiger partial charge in [-0.15, -0.1) is 6.58 Å². The number of nitrogens with zero attached hydrogens (tertiary/aromatic N) is 1. The molecule has 0 spiro atoms. The summed E-state index contributed by atoms with van der Waals surface area (Å²) in [5.74, 6) is -1.65. The zero-order chi connectivity index (χ0) is 14.5. The molecule has 1 aliphatic heterocycles. The van der Waals surface area contributed by atoms with Crippen LogP contribution in [0.2, 0.25) is 0 Å². The Morgan fingerprint density at radius 2 is 2.20 bits per heavy atom. The van der Waals surface area contributed by atoms with E-state index < -0.39 is 30.1 Å². The van der Waals surface area contributed by atoms with E-state index in [0.717, 1.165) is 0 Å². The molecular weight excluding hydrogens is 275 g/mol. The molecule has 2 unspecified atom stereocenters. The fraction of sp³-hybridized carbons (Fsp3) is 0.583. The molecule has 3 N–H and O–H groups in total. The summed E-state index contributed by atoms with van der Waals surface area (Å²) in [6, 6.07) is 0. The van der Waals surface area contributed by atoms with Crippen molar-refractivity contribution in [2.24, 2.45) is 10.4 Å². The minimum absolute atomic E-state index is 0. The number of carboxylic acid groups (broad SMARTS) is 2. The fourth-order valence-corrected chi connectivity index (χ4v) is 2.06. The zero-order valence-corrected chi connectivity index (χ0v) is 10.8. The average Bonchev–Trinajstić information content (AvgIpc) is 2.86. The van der Waals surface area contributed by atoms with E-state index in [1.807, 2.05) is 0 Å². The van der Waals surface area contributed by atoms with Gasteiger partial charge in [-0.1, -0.05) is 6.08 Å². The van der Waals surface area contributed by atoms with Gasteiger partial charge in [0.2, 0.25) is 0 Å². The third kappa shape index (κ3) is 4.59. The van der Waals surface area contributed by atoms with E-state index in [-0.39, 0.29) is 36.0 Å². The molecule has 2 atom stereocenters. The molecule has 8 heteroatoms. The van der Waals surface area contributed by atoms with Gasteiger partial charge in [0, 0.05) is 6.54 Å². The van der Waals surface area contributed by atoms with Crippen molar-refractivity contribution >= 4 is 47.3 Å². The summed E-state index contributed by atoms with van der Waals surface area (Å²) in [6.07, 6.45) is 0.537. The van der Waals surface area contributed by atoms with Crippen LogP contribution >= 0.6 is 0 Å². The van der Waals surface area contributed by atoms with Crippen LogP contribution in [0.15, 0.2) is 17.6 Å². The molecule has 20 heavy (non-hydrogen) atoms. The second kappa shape index (κ2) is 8.41. The standard InChI is InChI=1S/C12H18N2O5.Na.H/c1-3-12(6-9(15)16,11-13-4-5-14-11)8(2)19-7-10(17)18;;/h3,8H,1,4-7H2,2H3,(H,13,14)(H,15,16)(H,17,18);;. The number of carboxylic acids is 2. The minimum atomic E-state index is -1.11. The van der Waals surface area contributed by atoms with Crippen LogP contribution in [0.4, 0.5) is 0 Å². The molecule has 0 saturated heterocycles. The zero-order valence-electron chi connectivity index (χ0n) is 10.8. The molecule has 0 aromatic heterocycles. The molecule has 0 amide bonds. The monoisotopic (exact) mass is 294 g/mol. The van der Waals surface area contributed by atoms with E-state index >= 15 is 0 Å². The van der Waals surface area contributed by atoms with Crippen LogP contribution < -0.4 is 5.32 Å². The number of aliphatic carboxylic acids is 2. The summed E-state index contributed by atoms with van der Waals surface area (Å²) >= 11 is 0. The number of hydrogen-bond donors (Lipinski definition) is 3. The summed E-state index contributed by atoms with van der Waals surface area (Å²) in [6.45, 7) is 5.97. The topological polar surface area (TPSA) is 108 Å². The van der Waals surface area contributed by atoms with Crippen molar-refractivity contribution in [2.45, 2.75) is 19.4 Å². The van der Waals surface area contributed by atoms with Crippen LogP contribution in [0, 0.1) is 5.41 Å². The van der Waals surface area contributed by atoms with Gasteiger partial charge in [0.15, 0.2) is 0 Å². The molecule has 0 fully saturated rings. The molecule has 0 aliphatic carbocycles. The Bertz CT molecular complexity index is 413. The van der Waals surface area contributed by atoms with Crippen molar-refractivity contribution in [2.75, 3.05) is 19.7 Å². The Morgan fingerprint density at radius 1 is 1.55 bits per heavy atom. The first-order valence-corrected chi connectivity index (χ1v) is 5.90. The van der Waals surface area contributed by atoms with Crippen LogP contribution in [-0.2, 0) is 14.3 Å².